The zero-order chi connectivity index (χ0) is 9.42. The summed E-state index contributed by atoms with van der Waals surface area (Å²) in [6.07, 6.45) is 1.67. The van der Waals surface area contributed by atoms with Gasteiger partial charge in [-0.15, -0.1) is 5.10 Å². The van der Waals surface area contributed by atoms with Crippen LogP contribution in [0.2, 0.25) is 0 Å². The Morgan fingerprint density at radius 3 is 3.00 bits per heavy atom. The average Bonchev–Trinajstić information content (AvgIpc) is 2.43. The Morgan fingerprint density at radius 1 is 1.54 bits per heavy atom. The quantitative estimate of drug-likeness (QED) is 0.770. The third-order valence-electron chi connectivity index (χ3n) is 1.69. The highest BCUT2D eigenvalue weighted by Crippen LogP contribution is 2.24. The molecule has 0 atom stereocenters. The number of fused-ring (bicyclic) bond motifs is 1. The van der Waals surface area contributed by atoms with Gasteiger partial charge in [-0.2, -0.15) is 4.39 Å². The standard InChI is InChI=1S/C8H6BrFN2O/c1-13-7-2-5(9)4-12-6(7)3-8(10)11-12/h2-4H,1H3. The second-order valence-corrected chi connectivity index (χ2v) is 3.44. The maximum atomic E-state index is 12.8. The molecule has 0 bridgehead atoms. The molecule has 13 heavy (non-hydrogen) atoms. The van der Waals surface area contributed by atoms with Gasteiger partial charge in [-0.25, -0.2) is 4.52 Å². The SMILES string of the molecule is COc1cc(Br)cn2nc(F)cc12. The summed E-state index contributed by atoms with van der Waals surface area (Å²) in [6, 6.07) is 3.09. The molecule has 0 amide bonds. The normalized spacial score (nSPS) is 10.7. The molecule has 0 saturated carbocycles. The monoisotopic (exact) mass is 244 g/mol. The van der Waals surface area contributed by atoms with Gasteiger partial charge in [0, 0.05) is 16.7 Å². The number of aromatic nitrogens is 2. The Kier molecular flexibility index (Phi) is 1.95. The largest absolute Gasteiger partial charge is 0.494 e. The molecule has 0 unspecified atom stereocenters. The van der Waals surface area contributed by atoms with Gasteiger partial charge >= 0.3 is 0 Å². The van der Waals surface area contributed by atoms with Crippen LogP contribution in [-0.4, -0.2) is 16.7 Å². The molecule has 0 aliphatic carbocycles. The molecular formula is C8H6BrFN2O. The predicted molar refractivity (Wildman–Crippen MR) is 49.4 cm³/mol. The molecule has 0 radical (unpaired) electrons. The van der Waals surface area contributed by atoms with Crippen molar-refractivity contribution in [2.45, 2.75) is 0 Å². The Hall–Kier alpha value is -1.10. The fraction of sp³-hybridized carbons (Fsp3) is 0.125. The van der Waals surface area contributed by atoms with E-state index in [1.54, 1.807) is 12.3 Å². The third kappa shape index (κ3) is 1.39. The topological polar surface area (TPSA) is 26.5 Å². The van der Waals surface area contributed by atoms with E-state index in [-0.39, 0.29) is 0 Å². The number of methoxy groups -OCH3 is 1. The number of ether oxygens (including phenoxy) is 1. The molecule has 3 nitrogen and oxygen atoms in total. The molecule has 0 aliphatic rings. The molecular weight excluding hydrogens is 239 g/mol. The summed E-state index contributed by atoms with van der Waals surface area (Å²) < 4.78 is 20.1. The second kappa shape index (κ2) is 2.99. The first-order valence-electron chi connectivity index (χ1n) is 3.59. The molecule has 2 aromatic heterocycles. The van der Waals surface area contributed by atoms with E-state index in [0.717, 1.165) is 4.47 Å². The highest BCUT2D eigenvalue weighted by atomic mass is 79.9. The first-order chi connectivity index (χ1) is 6.20. The Morgan fingerprint density at radius 2 is 2.31 bits per heavy atom. The maximum Gasteiger partial charge on any atom is 0.233 e. The van der Waals surface area contributed by atoms with Crippen LogP contribution in [0.3, 0.4) is 0 Å². The van der Waals surface area contributed by atoms with E-state index < -0.39 is 5.95 Å². The third-order valence-corrected chi connectivity index (χ3v) is 2.13. The van der Waals surface area contributed by atoms with Crippen LogP contribution in [0.4, 0.5) is 4.39 Å². The van der Waals surface area contributed by atoms with Gasteiger partial charge in [-0.3, -0.25) is 0 Å². The molecule has 68 valence electrons. The molecule has 0 fully saturated rings. The van der Waals surface area contributed by atoms with Crippen molar-refractivity contribution in [1.29, 1.82) is 0 Å². The minimum absolute atomic E-state index is 0.517. The van der Waals surface area contributed by atoms with Crippen molar-refractivity contribution in [2.75, 3.05) is 7.11 Å². The number of hydrogen-bond donors (Lipinski definition) is 0. The van der Waals surface area contributed by atoms with Crippen molar-refractivity contribution in [3.8, 4) is 5.75 Å². The highest BCUT2D eigenvalue weighted by Gasteiger charge is 2.06. The van der Waals surface area contributed by atoms with E-state index in [1.165, 1.54) is 17.7 Å². The van der Waals surface area contributed by atoms with Crippen LogP contribution >= 0.6 is 15.9 Å². The summed E-state index contributed by atoms with van der Waals surface area (Å²) in [4.78, 5) is 0. The molecule has 0 N–H and O–H groups in total. The van der Waals surface area contributed by atoms with Crippen molar-refractivity contribution in [2.24, 2.45) is 0 Å². The van der Waals surface area contributed by atoms with Crippen LogP contribution in [0.15, 0.2) is 22.8 Å². The van der Waals surface area contributed by atoms with Crippen LogP contribution in [0.25, 0.3) is 5.52 Å². The smallest absolute Gasteiger partial charge is 0.233 e. The lowest BCUT2D eigenvalue weighted by Crippen LogP contribution is -1.91. The van der Waals surface area contributed by atoms with Gasteiger partial charge in [0.25, 0.3) is 0 Å². The van der Waals surface area contributed by atoms with Gasteiger partial charge in [0.1, 0.15) is 11.3 Å². The van der Waals surface area contributed by atoms with Crippen LogP contribution in [0, 0.1) is 5.95 Å². The van der Waals surface area contributed by atoms with Crippen LogP contribution in [0.5, 0.6) is 5.75 Å². The number of halogens is 2. The first kappa shape index (κ1) is 8.50. The minimum atomic E-state index is -0.517. The van der Waals surface area contributed by atoms with Gasteiger partial charge in [0.2, 0.25) is 5.95 Å². The summed E-state index contributed by atoms with van der Waals surface area (Å²) in [5, 5.41) is 3.62. The lowest BCUT2D eigenvalue weighted by molar-refractivity contribution is 0.417. The fourth-order valence-corrected chi connectivity index (χ4v) is 1.57. The number of nitrogens with zero attached hydrogens (tertiary/aromatic N) is 2. The number of pyridine rings is 1. The predicted octanol–water partition coefficient (Wildman–Crippen LogP) is 2.24. The number of hydrogen-bond acceptors (Lipinski definition) is 2. The lowest BCUT2D eigenvalue weighted by atomic mass is 10.4. The van der Waals surface area contributed by atoms with E-state index >= 15 is 0 Å². The van der Waals surface area contributed by atoms with Crippen molar-refractivity contribution < 1.29 is 9.13 Å². The molecule has 2 rings (SSSR count). The zero-order valence-corrected chi connectivity index (χ0v) is 8.38. The Bertz CT molecular complexity index is 455. The van der Waals surface area contributed by atoms with Gasteiger partial charge in [-0.1, -0.05) is 0 Å². The Labute approximate surface area is 82.2 Å². The van der Waals surface area contributed by atoms with Gasteiger partial charge in [0.15, 0.2) is 0 Å². The van der Waals surface area contributed by atoms with E-state index in [1.807, 2.05) is 0 Å². The summed E-state index contributed by atoms with van der Waals surface area (Å²) in [5.41, 5.74) is 0.614. The first-order valence-corrected chi connectivity index (χ1v) is 4.38. The maximum absolute atomic E-state index is 12.8. The number of rotatable bonds is 1. The van der Waals surface area contributed by atoms with Crippen molar-refractivity contribution in [3.63, 3.8) is 0 Å². The molecule has 5 heteroatoms. The van der Waals surface area contributed by atoms with E-state index in [9.17, 15) is 4.39 Å². The molecule has 0 saturated heterocycles. The van der Waals surface area contributed by atoms with Crippen LogP contribution in [0.1, 0.15) is 0 Å². The van der Waals surface area contributed by atoms with Gasteiger partial charge in [-0.05, 0) is 22.0 Å². The van der Waals surface area contributed by atoms with Crippen molar-refractivity contribution >= 4 is 21.4 Å². The van der Waals surface area contributed by atoms with E-state index in [2.05, 4.69) is 21.0 Å². The van der Waals surface area contributed by atoms with Crippen LogP contribution in [-0.2, 0) is 0 Å². The summed E-state index contributed by atoms with van der Waals surface area (Å²) in [5.74, 6) is 0.0715. The molecule has 0 aromatic carbocycles. The van der Waals surface area contributed by atoms with Crippen LogP contribution < -0.4 is 4.74 Å². The Balaban J connectivity index is 2.80. The molecule has 2 aromatic rings. The molecule has 0 aliphatic heterocycles. The molecule has 2 heterocycles. The second-order valence-electron chi connectivity index (χ2n) is 2.52. The average molecular weight is 245 g/mol. The van der Waals surface area contributed by atoms with E-state index in [0.29, 0.717) is 11.3 Å². The van der Waals surface area contributed by atoms with Crippen molar-refractivity contribution in [1.82, 2.24) is 9.61 Å². The van der Waals surface area contributed by atoms with Gasteiger partial charge < -0.3 is 4.74 Å². The van der Waals surface area contributed by atoms with E-state index in [4.69, 9.17) is 4.74 Å². The minimum Gasteiger partial charge on any atom is -0.494 e. The summed E-state index contributed by atoms with van der Waals surface area (Å²) in [7, 11) is 1.53. The summed E-state index contributed by atoms with van der Waals surface area (Å²) >= 11 is 3.27. The lowest BCUT2D eigenvalue weighted by Gasteiger charge is -2.02. The fourth-order valence-electron chi connectivity index (χ4n) is 1.16. The van der Waals surface area contributed by atoms with Crippen molar-refractivity contribution in [3.05, 3.63) is 28.7 Å². The molecule has 0 spiro atoms. The zero-order valence-electron chi connectivity index (χ0n) is 6.79. The highest BCUT2D eigenvalue weighted by molar-refractivity contribution is 9.10. The summed E-state index contributed by atoms with van der Waals surface area (Å²) in [6.45, 7) is 0. The van der Waals surface area contributed by atoms with Gasteiger partial charge in [0.05, 0.1) is 7.11 Å².